The summed E-state index contributed by atoms with van der Waals surface area (Å²) in [5.41, 5.74) is 1.21. The van der Waals surface area contributed by atoms with E-state index < -0.39 is 18.5 Å². The van der Waals surface area contributed by atoms with Crippen LogP contribution in [-0.4, -0.2) is 29.3 Å². The zero-order valence-electron chi connectivity index (χ0n) is 11.9. The number of nitrogens with one attached hydrogen (secondary N) is 1. The lowest BCUT2D eigenvalue weighted by Crippen LogP contribution is -2.21. The molecule has 0 unspecified atom stereocenters. The lowest BCUT2D eigenvalue weighted by atomic mass is 10.1. The molecule has 112 valence electrons. The Morgan fingerprint density at radius 1 is 1.09 bits per heavy atom. The summed E-state index contributed by atoms with van der Waals surface area (Å²) in [5, 5.41) is 2.57. The smallest absolute Gasteiger partial charge is 0.357 e. The lowest BCUT2D eigenvalue weighted by molar-refractivity contribution is -0.119. The van der Waals surface area contributed by atoms with Gasteiger partial charge in [-0.3, -0.25) is 9.59 Å². The number of rotatable bonds is 5. The molecule has 0 aliphatic rings. The van der Waals surface area contributed by atoms with Crippen LogP contribution in [0.1, 0.15) is 27.8 Å². The van der Waals surface area contributed by atoms with E-state index in [1.807, 2.05) is 0 Å². The van der Waals surface area contributed by atoms with Crippen LogP contribution < -0.4 is 5.32 Å². The van der Waals surface area contributed by atoms with Crippen LogP contribution in [0.25, 0.3) is 0 Å². The number of ether oxygens (including phenoxy) is 1. The van der Waals surface area contributed by atoms with Crippen molar-refractivity contribution in [1.29, 1.82) is 0 Å². The van der Waals surface area contributed by atoms with E-state index in [-0.39, 0.29) is 11.5 Å². The van der Waals surface area contributed by atoms with Gasteiger partial charge in [0.2, 0.25) is 0 Å². The SMILES string of the molecule is CC(=O)c1ccc(NC(=O)COC(=O)c2ccccn2)cc1. The van der Waals surface area contributed by atoms with Crippen LogP contribution in [0, 0.1) is 0 Å². The molecule has 1 aromatic heterocycles. The summed E-state index contributed by atoms with van der Waals surface area (Å²) in [6.45, 7) is 1.05. The van der Waals surface area contributed by atoms with E-state index in [1.54, 1.807) is 36.4 Å². The van der Waals surface area contributed by atoms with Gasteiger partial charge in [0, 0.05) is 17.4 Å². The van der Waals surface area contributed by atoms with Gasteiger partial charge >= 0.3 is 5.97 Å². The first-order valence-electron chi connectivity index (χ1n) is 6.55. The lowest BCUT2D eigenvalue weighted by Gasteiger charge is -2.06. The van der Waals surface area contributed by atoms with Crippen molar-refractivity contribution in [3.8, 4) is 0 Å². The minimum atomic E-state index is -0.664. The predicted molar refractivity (Wildman–Crippen MR) is 79.6 cm³/mol. The maximum Gasteiger partial charge on any atom is 0.357 e. The molecule has 22 heavy (non-hydrogen) atoms. The van der Waals surface area contributed by atoms with E-state index in [9.17, 15) is 14.4 Å². The molecule has 0 fully saturated rings. The van der Waals surface area contributed by atoms with Crippen molar-refractivity contribution in [2.45, 2.75) is 6.92 Å². The molecule has 1 heterocycles. The highest BCUT2D eigenvalue weighted by Gasteiger charge is 2.11. The summed E-state index contributed by atoms with van der Waals surface area (Å²) in [6, 6.07) is 11.3. The molecule has 0 saturated heterocycles. The third-order valence-corrected chi connectivity index (χ3v) is 2.78. The van der Waals surface area contributed by atoms with Gasteiger partial charge in [-0.15, -0.1) is 0 Å². The fourth-order valence-corrected chi connectivity index (χ4v) is 1.67. The number of amides is 1. The minimum Gasteiger partial charge on any atom is -0.451 e. The largest absolute Gasteiger partial charge is 0.451 e. The summed E-state index contributed by atoms with van der Waals surface area (Å²) in [5.74, 6) is -1.19. The minimum absolute atomic E-state index is 0.0535. The Hall–Kier alpha value is -3.02. The summed E-state index contributed by atoms with van der Waals surface area (Å²) in [7, 11) is 0. The second kappa shape index (κ2) is 7.12. The van der Waals surface area contributed by atoms with E-state index in [1.165, 1.54) is 19.2 Å². The molecule has 2 aromatic rings. The van der Waals surface area contributed by atoms with Gasteiger partial charge in [-0.1, -0.05) is 6.07 Å². The molecule has 0 atom stereocenters. The van der Waals surface area contributed by atoms with Gasteiger partial charge in [-0.05, 0) is 43.3 Å². The number of pyridine rings is 1. The Bertz CT molecular complexity index is 681. The van der Waals surface area contributed by atoms with E-state index in [4.69, 9.17) is 4.74 Å². The van der Waals surface area contributed by atoms with Crippen LogP contribution in [0.5, 0.6) is 0 Å². The van der Waals surface area contributed by atoms with Crippen molar-refractivity contribution < 1.29 is 19.1 Å². The quantitative estimate of drug-likeness (QED) is 0.674. The predicted octanol–water partition coefficient (Wildman–Crippen LogP) is 2.08. The number of Topliss-reactive ketones (excluding diaryl/α,β-unsaturated/α-hetero) is 1. The highest BCUT2D eigenvalue weighted by Crippen LogP contribution is 2.10. The third-order valence-electron chi connectivity index (χ3n) is 2.78. The molecule has 0 radical (unpaired) electrons. The monoisotopic (exact) mass is 298 g/mol. The van der Waals surface area contributed by atoms with Gasteiger partial charge < -0.3 is 10.1 Å². The number of benzene rings is 1. The molecule has 0 bridgehead atoms. The van der Waals surface area contributed by atoms with Crippen molar-refractivity contribution in [3.63, 3.8) is 0 Å². The van der Waals surface area contributed by atoms with Crippen molar-refractivity contribution in [3.05, 3.63) is 59.9 Å². The van der Waals surface area contributed by atoms with Gasteiger partial charge in [-0.2, -0.15) is 0 Å². The van der Waals surface area contributed by atoms with Crippen molar-refractivity contribution in [2.75, 3.05) is 11.9 Å². The Balaban J connectivity index is 1.85. The highest BCUT2D eigenvalue weighted by molar-refractivity contribution is 5.96. The standard InChI is InChI=1S/C16H14N2O4/c1-11(19)12-5-7-13(8-6-12)18-15(20)10-22-16(21)14-4-2-3-9-17-14/h2-9H,10H2,1H3,(H,18,20). The van der Waals surface area contributed by atoms with Gasteiger partial charge in [-0.25, -0.2) is 9.78 Å². The first-order chi connectivity index (χ1) is 10.6. The molecule has 6 heteroatoms. The van der Waals surface area contributed by atoms with E-state index in [0.717, 1.165) is 0 Å². The van der Waals surface area contributed by atoms with Gasteiger partial charge in [0.15, 0.2) is 12.4 Å². The number of esters is 1. The number of aromatic nitrogens is 1. The number of anilines is 1. The van der Waals surface area contributed by atoms with Crippen LogP contribution in [0.3, 0.4) is 0 Å². The Morgan fingerprint density at radius 3 is 2.41 bits per heavy atom. The van der Waals surface area contributed by atoms with Crippen LogP contribution in [0.2, 0.25) is 0 Å². The number of carbonyl (C=O) groups excluding carboxylic acids is 3. The Kier molecular flexibility index (Phi) is 4.98. The van der Waals surface area contributed by atoms with Gasteiger partial charge in [0.25, 0.3) is 5.91 Å². The number of nitrogens with zero attached hydrogens (tertiary/aromatic N) is 1. The molecule has 0 aliphatic heterocycles. The van der Waals surface area contributed by atoms with E-state index in [2.05, 4.69) is 10.3 Å². The topological polar surface area (TPSA) is 85.4 Å². The van der Waals surface area contributed by atoms with E-state index in [0.29, 0.717) is 11.3 Å². The maximum absolute atomic E-state index is 11.7. The van der Waals surface area contributed by atoms with Crippen LogP contribution >= 0.6 is 0 Å². The summed E-state index contributed by atoms with van der Waals surface area (Å²) >= 11 is 0. The summed E-state index contributed by atoms with van der Waals surface area (Å²) < 4.78 is 4.86. The number of ketones is 1. The maximum atomic E-state index is 11.7. The van der Waals surface area contributed by atoms with Crippen molar-refractivity contribution in [2.24, 2.45) is 0 Å². The molecule has 1 aromatic carbocycles. The second-order valence-corrected chi connectivity index (χ2v) is 4.47. The Labute approximate surface area is 127 Å². The molecule has 6 nitrogen and oxygen atoms in total. The van der Waals surface area contributed by atoms with Gasteiger partial charge in [0.05, 0.1) is 0 Å². The molecule has 1 amide bonds. The van der Waals surface area contributed by atoms with Crippen LogP contribution in [0.15, 0.2) is 48.7 Å². The number of hydrogen-bond acceptors (Lipinski definition) is 5. The fraction of sp³-hybridized carbons (Fsp3) is 0.125. The van der Waals surface area contributed by atoms with Crippen molar-refractivity contribution >= 4 is 23.3 Å². The highest BCUT2D eigenvalue weighted by atomic mass is 16.5. The summed E-state index contributed by atoms with van der Waals surface area (Å²) in [6.07, 6.45) is 1.47. The zero-order chi connectivity index (χ0) is 15.9. The molecule has 0 saturated carbocycles. The number of hydrogen-bond donors (Lipinski definition) is 1. The molecule has 0 spiro atoms. The molecular weight excluding hydrogens is 284 g/mol. The second-order valence-electron chi connectivity index (χ2n) is 4.47. The van der Waals surface area contributed by atoms with E-state index >= 15 is 0 Å². The zero-order valence-corrected chi connectivity index (χ0v) is 11.9. The molecule has 0 aliphatic carbocycles. The number of carbonyl (C=O) groups is 3. The third kappa shape index (κ3) is 4.24. The normalized spacial score (nSPS) is 9.86. The first-order valence-corrected chi connectivity index (χ1v) is 6.55. The average Bonchev–Trinajstić information content (AvgIpc) is 2.54. The molecule has 1 N–H and O–H groups in total. The van der Waals surface area contributed by atoms with Gasteiger partial charge in [0.1, 0.15) is 5.69 Å². The van der Waals surface area contributed by atoms with Crippen LogP contribution in [0.4, 0.5) is 5.69 Å². The first kappa shape index (κ1) is 15.4. The fourth-order valence-electron chi connectivity index (χ4n) is 1.67. The molecule has 2 rings (SSSR count). The molecular formula is C16H14N2O4. The van der Waals surface area contributed by atoms with Crippen molar-refractivity contribution in [1.82, 2.24) is 4.98 Å². The average molecular weight is 298 g/mol. The van der Waals surface area contributed by atoms with Crippen LogP contribution in [-0.2, 0) is 9.53 Å². The Morgan fingerprint density at radius 2 is 1.82 bits per heavy atom. The summed E-state index contributed by atoms with van der Waals surface area (Å²) in [4.78, 5) is 38.3.